The smallest absolute Gasteiger partial charge is 0.234 e. The van der Waals surface area contributed by atoms with Crippen molar-refractivity contribution in [2.75, 3.05) is 23.1 Å². The minimum Gasteiger partial charge on any atom is -0.495 e. The van der Waals surface area contributed by atoms with Gasteiger partial charge in [0.05, 0.1) is 36.1 Å². The van der Waals surface area contributed by atoms with Crippen LogP contribution in [-0.4, -0.2) is 34.8 Å². The number of carbonyl (C=O) groups excluding carboxylic acids is 2. The Hall–Kier alpha value is -3.66. The fourth-order valence-corrected chi connectivity index (χ4v) is 6.83. The van der Waals surface area contributed by atoms with E-state index in [1.54, 1.807) is 24.1 Å². The van der Waals surface area contributed by atoms with Crippen LogP contribution in [0.25, 0.3) is 0 Å². The molecule has 0 saturated carbocycles. The summed E-state index contributed by atoms with van der Waals surface area (Å²) < 4.78 is 6.69. The number of benzene rings is 2. The van der Waals surface area contributed by atoms with Crippen molar-refractivity contribution < 1.29 is 14.3 Å². The predicted octanol–water partition coefficient (Wildman–Crippen LogP) is 5.34. The minimum atomic E-state index is -0.549. The summed E-state index contributed by atoms with van der Waals surface area (Å²) in [6, 6.07) is 17.0. The standard InChI is InChI=1S/C27H23BrN6O3S2/c1-37-21-11-3-2-8-18(21)31-22(36)14-38-27-33-32-26(39-27)34-19-9-5-10-20(35)24(19)23(17(13-29)25(34)30)15-6-4-7-16(28)12-15/h2-4,6-8,11-12,23H,5,9-10,14,30H2,1H3,(H,31,36). The molecule has 9 nitrogen and oxygen atoms in total. The van der Waals surface area contributed by atoms with Gasteiger partial charge in [0, 0.05) is 22.2 Å². The summed E-state index contributed by atoms with van der Waals surface area (Å²) in [6.07, 6.45) is 1.71. The molecule has 0 saturated heterocycles. The third kappa shape index (κ3) is 5.43. The molecule has 2 aromatic carbocycles. The molecule has 1 atom stereocenters. The third-order valence-corrected chi connectivity index (χ3v) is 8.93. The number of thioether (sulfide) groups is 1. The first kappa shape index (κ1) is 26.9. The lowest BCUT2D eigenvalue weighted by molar-refractivity contribution is -0.116. The molecule has 1 unspecified atom stereocenters. The van der Waals surface area contributed by atoms with E-state index in [-0.39, 0.29) is 23.3 Å². The monoisotopic (exact) mass is 622 g/mol. The number of nitriles is 1. The molecule has 0 radical (unpaired) electrons. The highest BCUT2D eigenvalue weighted by Crippen LogP contribution is 2.47. The molecule has 0 bridgehead atoms. The van der Waals surface area contributed by atoms with Crippen LogP contribution in [0.5, 0.6) is 5.75 Å². The Morgan fingerprint density at radius 3 is 2.87 bits per heavy atom. The molecule has 1 aromatic heterocycles. The van der Waals surface area contributed by atoms with Gasteiger partial charge < -0.3 is 15.8 Å². The number of methoxy groups -OCH3 is 1. The molecule has 0 spiro atoms. The fourth-order valence-electron chi connectivity index (χ4n) is 4.74. The minimum absolute atomic E-state index is 0.00130. The Kier molecular flexibility index (Phi) is 8.02. The maximum Gasteiger partial charge on any atom is 0.234 e. The van der Waals surface area contributed by atoms with Gasteiger partial charge in [-0.2, -0.15) is 5.26 Å². The summed E-state index contributed by atoms with van der Waals surface area (Å²) in [6.45, 7) is 0. The summed E-state index contributed by atoms with van der Waals surface area (Å²) in [7, 11) is 1.54. The number of Topliss-reactive ketones (excluding diaryl/α,β-unsaturated/α-hetero) is 1. The van der Waals surface area contributed by atoms with Crippen molar-refractivity contribution in [3.05, 3.63) is 81.2 Å². The molecule has 1 aliphatic heterocycles. The highest BCUT2D eigenvalue weighted by molar-refractivity contribution is 9.10. The number of halogens is 1. The second kappa shape index (κ2) is 11.6. The summed E-state index contributed by atoms with van der Waals surface area (Å²) in [5.41, 5.74) is 9.63. The number of hydrogen-bond acceptors (Lipinski definition) is 10. The number of para-hydroxylation sites is 2. The number of anilines is 2. The highest BCUT2D eigenvalue weighted by Gasteiger charge is 2.41. The number of hydrogen-bond donors (Lipinski definition) is 2. The second-order valence-corrected chi connectivity index (χ2v) is 11.9. The number of ketones is 1. The van der Waals surface area contributed by atoms with Crippen LogP contribution in [0, 0.1) is 11.3 Å². The van der Waals surface area contributed by atoms with E-state index in [2.05, 4.69) is 37.5 Å². The Bertz CT molecular complexity index is 1560. The molecule has 2 aliphatic rings. The van der Waals surface area contributed by atoms with Crippen LogP contribution in [-0.2, 0) is 9.59 Å². The normalized spacial score (nSPS) is 17.1. The number of aromatic nitrogens is 2. The molecule has 2 heterocycles. The van der Waals surface area contributed by atoms with Gasteiger partial charge in [-0.25, -0.2) is 0 Å². The van der Waals surface area contributed by atoms with Gasteiger partial charge in [-0.15, -0.1) is 10.2 Å². The third-order valence-electron chi connectivity index (χ3n) is 6.39. The Labute approximate surface area is 241 Å². The first-order chi connectivity index (χ1) is 18.9. The number of carbonyl (C=O) groups is 2. The summed E-state index contributed by atoms with van der Waals surface area (Å²) >= 11 is 5.99. The van der Waals surface area contributed by atoms with Crippen molar-refractivity contribution in [2.45, 2.75) is 29.5 Å². The molecule has 1 amide bonds. The van der Waals surface area contributed by atoms with Crippen molar-refractivity contribution in [1.82, 2.24) is 10.2 Å². The molecule has 39 heavy (non-hydrogen) atoms. The maximum atomic E-state index is 13.3. The average Bonchev–Trinajstić information content (AvgIpc) is 3.40. The van der Waals surface area contributed by atoms with E-state index in [0.29, 0.717) is 51.3 Å². The van der Waals surface area contributed by atoms with Gasteiger partial charge in [-0.3, -0.25) is 14.5 Å². The van der Waals surface area contributed by atoms with Gasteiger partial charge in [0.15, 0.2) is 10.1 Å². The zero-order valence-corrected chi connectivity index (χ0v) is 24.0. The van der Waals surface area contributed by atoms with Gasteiger partial charge in [0.1, 0.15) is 11.6 Å². The molecule has 5 rings (SSSR count). The zero-order chi connectivity index (χ0) is 27.5. The van der Waals surface area contributed by atoms with Crippen LogP contribution in [0.2, 0.25) is 0 Å². The molecule has 12 heteroatoms. The van der Waals surface area contributed by atoms with Crippen LogP contribution in [0.1, 0.15) is 30.7 Å². The molecule has 0 fully saturated rings. The SMILES string of the molecule is COc1ccccc1NC(=O)CSc1nnc(N2C(N)=C(C#N)C(c3cccc(Br)c3)C3=C2CCCC3=O)s1. The van der Waals surface area contributed by atoms with E-state index in [4.69, 9.17) is 10.5 Å². The number of amides is 1. The number of allylic oxidation sites excluding steroid dienone is 3. The van der Waals surface area contributed by atoms with E-state index in [1.165, 1.54) is 23.1 Å². The van der Waals surface area contributed by atoms with Crippen molar-refractivity contribution in [3.8, 4) is 11.8 Å². The number of nitrogens with one attached hydrogen (secondary N) is 1. The van der Waals surface area contributed by atoms with Crippen LogP contribution in [0.3, 0.4) is 0 Å². The lowest BCUT2D eigenvalue weighted by Gasteiger charge is -2.38. The molecular formula is C27H23BrN6O3S2. The molecule has 3 N–H and O–H groups in total. The van der Waals surface area contributed by atoms with Crippen LogP contribution < -0.4 is 20.7 Å². The van der Waals surface area contributed by atoms with Gasteiger partial charge in [-0.05, 0) is 42.7 Å². The average molecular weight is 624 g/mol. The molecule has 198 valence electrons. The predicted molar refractivity (Wildman–Crippen MR) is 154 cm³/mol. The van der Waals surface area contributed by atoms with E-state index in [1.807, 2.05) is 36.4 Å². The van der Waals surface area contributed by atoms with Crippen molar-refractivity contribution >= 4 is 61.5 Å². The van der Waals surface area contributed by atoms with Crippen LogP contribution >= 0.6 is 39.0 Å². The summed E-state index contributed by atoms with van der Waals surface area (Å²) in [4.78, 5) is 27.5. The van der Waals surface area contributed by atoms with Gasteiger partial charge >= 0.3 is 0 Å². The molecule has 3 aromatic rings. The molecular weight excluding hydrogens is 600 g/mol. The van der Waals surface area contributed by atoms with Crippen LogP contribution in [0.15, 0.2) is 80.0 Å². The zero-order valence-electron chi connectivity index (χ0n) is 20.8. The van der Waals surface area contributed by atoms with E-state index >= 15 is 0 Å². The second-order valence-electron chi connectivity index (χ2n) is 8.76. The van der Waals surface area contributed by atoms with E-state index in [0.717, 1.165) is 15.7 Å². The van der Waals surface area contributed by atoms with Crippen molar-refractivity contribution in [2.24, 2.45) is 5.73 Å². The fraction of sp³-hybridized carbons (Fsp3) is 0.222. The lowest BCUT2D eigenvalue weighted by Crippen LogP contribution is -2.38. The first-order valence-electron chi connectivity index (χ1n) is 12.0. The highest BCUT2D eigenvalue weighted by atomic mass is 79.9. The largest absolute Gasteiger partial charge is 0.495 e. The van der Waals surface area contributed by atoms with Crippen molar-refractivity contribution in [3.63, 3.8) is 0 Å². The number of nitrogens with two attached hydrogens (primary N) is 1. The number of rotatable bonds is 7. The number of nitrogens with zero attached hydrogens (tertiary/aromatic N) is 4. The van der Waals surface area contributed by atoms with Gasteiger partial charge in [-0.1, -0.05) is 63.3 Å². The maximum absolute atomic E-state index is 13.3. The van der Waals surface area contributed by atoms with Gasteiger partial charge in [0.25, 0.3) is 0 Å². The first-order valence-corrected chi connectivity index (χ1v) is 14.6. The van der Waals surface area contributed by atoms with Crippen molar-refractivity contribution in [1.29, 1.82) is 5.26 Å². The topological polar surface area (TPSA) is 134 Å². The summed E-state index contributed by atoms with van der Waals surface area (Å²) in [5.74, 6) is 0.147. The quantitative estimate of drug-likeness (QED) is 0.334. The molecule has 1 aliphatic carbocycles. The van der Waals surface area contributed by atoms with Gasteiger partial charge in [0.2, 0.25) is 11.0 Å². The van der Waals surface area contributed by atoms with Crippen LogP contribution in [0.4, 0.5) is 10.8 Å². The summed E-state index contributed by atoms with van der Waals surface area (Å²) in [5, 5.41) is 22.0. The Morgan fingerprint density at radius 2 is 2.10 bits per heavy atom. The Balaban J connectivity index is 1.41. The lowest BCUT2D eigenvalue weighted by atomic mass is 9.76. The van der Waals surface area contributed by atoms with E-state index < -0.39 is 5.92 Å². The Morgan fingerprint density at radius 1 is 1.28 bits per heavy atom. The van der Waals surface area contributed by atoms with E-state index in [9.17, 15) is 14.9 Å². The number of ether oxygens (including phenoxy) is 1.